The maximum Gasteiger partial charge on any atom is 0.378 e. The zero-order valence-electron chi connectivity index (χ0n) is 14.5. The van der Waals surface area contributed by atoms with E-state index in [0.717, 1.165) is 12.8 Å². The van der Waals surface area contributed by atoms with E-state index in [1.165, 1.54) is 83.5 Å². The smallest absolute Gasteiger partial charge is 0.378 e. The van der Waals surface area contributed by atoms with Crippen molar-refractivity contribution in [1.82, 2.24) is 0 Å². The molecule has 131 valence electrons. The molecule has 0 heterocycles. The predicted molar refractivity (Wildman–Crippen MR) is 91.4 cm³/mol. The van der Waals surface area contributed by atoms with Crippen molar-refractivity contribution >= 4 is 14.0 Å². The van der Waals surface area contributed by atoms with Gasteiger partial charge in [0.25, 0.3) is 5.97 Å². The SMILES string of the molecule is [B]OC(=O)CCCCCCCCCCCCCCCCC.[Co]. The quantitative estimate of drug-likeness (QED) is 0.256. The minimum atomic E-state index is -0.287. The molecule has 22 heavy (non-hydrogen) atoms. The molecule has 0 aromatic carbocycles. The first kappa shape index (κ1) is 24.3. The second-order valence-corrected chi connectivity index (χ2v) is 6.19. The summed E-state index contributed by atoms with van der Waals surface area (Å²) in [7, 11) is 4.78. The Morgan fingerprint density at radius 2 is 1.00 bits per heavy atom. The van der Waals surface area contributed by atoms with E-state index >= 15 is 0 Å². The van der Waals surface area contributed by atoms with Gasteiger partial charge in [-0.1, -0.05) is 96.8 Å². The summed E-state index contributed by atoms with van der Waals surface area (Å²) >= 11 is 0. The minimum Gasteiger partial charge on any atom is -0.543 e. The summed E-state index contributed by atoms with van der Waals surface area (Å²) in [6.07, 6.45) is 20.5. The van der Waals surface area contributed by atoms with Crippen LogP contribution in [0.2, 0.25) is 0 Å². The van der Waals surface area contributed by atoms with Crippen LogP contribution in [0.5, 0.6) is 0 Å². The van der Waals surface area contributed by atoms with E-state index in [4.69, 9.17) is 8.05 Å². The molecule has 0 aromatic rings. The molecule has 0 aliphatic rings. The van der Waals surface area contributed by atoms with Gasteiger partial charge in [-0.25, -0.2) is 0 Å². The van der Waals surface area contributed by atoms with Gasteiger partial charge in [0.2, 0.25) is 0 Å². The molecule has 0 atom stereocenters. The first-order chi connectivity index (χ1) is 10.3. The maximum absolute atomic E-state index is 10.8. The molecule has 3 radical (unpaired) electrons. The fourth-order valence-electron chi connectivity index (χ4n) is 2.70. The van der Waals surface area contributed by atoms with Crippen molar-refractivity contribution in [3.63, 3.8) is 0 Å². The second-order valence-electron chi connectivity index (χ2n) is 6.19. The summed E-state index contributed by atoms with van der Waals surface area (Å²) in [5, 5.41) is 0. The summed E-state index contributed by atoms with van der Waals surface area (Å²) in [6, 6.07) is 0. The van der Waals surface area contributed by atoms with Crippen molar-refractivity contribution in [2.45, 2.75) is 110 Å². The average molecular weight is 353 g/mol. The van der Waals surface area contributed by atoms with Crippen LogP contribution in [-0.4, -0.2) is 14.0 Å². The molecule has 0 bridgehead atoms. The van der Waals surface area contributed by atoms with E-state index in [1.54, 1.807) is 0 Å². The third-order valence-corrected chi connectivity index (χ3v) is 4.12. The van der Waals surface area contributed by atoms with E-state index in [2.05, 4.69) is 11.6 Å². The second kappa shape index (κ2) is 21.0. The molecule has 0 aliphatic heterocycles. The fourth-order valence-corrected chi connectivity index (χ4v) is 2.70. The molecule has 4 heteroatoms. The Morgan fingerprint density at radius 1 is 0.682 bits per heavy atom. The summed E-state index contributed by atoms with van der Waals surface area (Å²) in [4.78, 5) is 10.8. The summed E-state index contributed by atoms with van der Waals surface area (Å²) in [5.74, 6) is -0.287. The van der Waals surface area contributed by atoms with E-state index in [1.807, 2.05) is 0 Å². The number of rotatable bonds is 16. The topological polar surface area (TPSA) is 26.3 Å². The summed E-state index contributed by atoms with van der Waals surface area (Å²) in [5.41, 5.74) is 0. The van der Waals surface area contributed by atoms with Gasteiger partial charge in [0.15, 0.2) is 0 Å². The van der Waals surface area contributed by atoms with E-state index in [9.17, 15) is 4.79 Å². The largest absolute Gasteiger partial charge is 0.543 e. The molecule has 0 saturated heterocycles. The van der Waals surface area contributed by atoms with Crippen molar-refractivity contribution < 1.29 is 26.2 Å². The van der Waals surface area contributed by atoms with Crippen molar-refractivity contribution in [2.75, 3.05) is 0 Å². The van der Waals surface area contributed by atoms with Crippen LogP contribution in [0.1, 0.15) is 110 Å². The number of carbonyl (C=O) groups is 1. The van der Waals surface area contributed by atoms with Crippen molar-refractivity contribution in [3.8, 4) is 0 Å². The van der Waals surface area contributed by atoms with Gasteiger partial charge in [-0.05, 0) is 6.42 Å². The Hall–Kier alpha value is 0.0414. The first-order valence-electron chi connectivity index (χ1n) is 9.20. The van der Waals surface area contributed by atoms with Crippen LogP contribution < -0.4 is 0 Å². The van der Waals surface area contributed by atoms with Crippen LogP contribution in [0.3, 0.4) is 0 Å². The van der Waals surface area contributed by atoms with Gasteiger partial charge in [-0.3, -0.25) is 4.79 Å². The van der Waals surface area contributed by atoms with Crippen LogP contribution >= 0.6 is 0 Å². The number of hydrogen-bond donors (Lipinski definition) is 0. The average Bonchev–Trinajstić information content (AvgIpc) is 2.50. The molecule has 0 fully saturated rings. The maximum atomic E-state index is 10.8. The Bertz CT molecular complexity index is 225. The van der Waals surface area contributed by atoms with Crippen molar-refractivity contribution in [2.24, 2.45) is 0 Å². The predicted octanol–water partition coefficient (Wildman–Crippen LogP) is 5.87. The third kappa shape index (κ3) is 20.0. The summed E-state index contributed by atoms with van der Waals surface area (Å²) in [6.45, 7) is 2.27. The molecular formula is C18H35BCoO2. The number of hydrogen-bond acceptors (Lipinski definition) is 2. The van der Waals surface area contributed by atoms with Crippen LogP contribution in [0.25, 0.3) is 0 Å². The molecule has 0 amide bonds. The molecule has 0 unspecified atom stereocenters. The Labute approximate surface area is 150 Å². The van der Waals surface area contributed by atoms with E-state index < -0.39 is 0 Å². The molecule has 0 rings (SSSR count). The zero-order valence-corrected chi connectivity index (χ0v) is 15.6. The minimum absolute atomic E-state index is 0. The molecule has 0 aromatic heterocycles. The Balaban J connectivity index is 0. The standard InChI is InChI=1S/C18H35BO2.Co/c1-2-3-4-5-6-7-8-9-10-11-12-13-14-15-16-17-18(20)21-19;/h2-17H2,1H3;. The van der Waals surface area contributed by atoms with Crippen LogP contribution in [-0.2, 0) is 26.2 Å². The van der Waals surface area contributed by atoms with Crippen LogP contribution in [0.15, 0.2) is 0 Å². The Kier molecular flexibility index (Phi) is 23.2. The van der Waals surface area contributed by atoms with Gasteiger partial charge in [0.05, 0.1) is 0 Å². The molecule has 0 spiro atoms. The zero-order chi connectivity index (χ0) is 15.6. The molecule has 0 saturated carbocycles. The van der Waals surface area contributed by atoms with Crippen LogP contribution in [0.4, 0.5) is 0 Å². The Morgan fingerprint density at radius 3 is 1.32 bits per heavy atom. The fraction of sp³-hybridized carbons (Fsp3) is 0.944. The van der Waals surface area contributed by atoms with Gasteiger partial charge in [0.1, 0.15) is 0 Å². The van der Waals surface area contributed by atoms with Gasteiger partial charge in [-0.2, -0.15) is 0 Å². The number of unbranched alkanes of at least 4 members (excludes halogenated alkanes) is 14. The summed E-state index contributed by atoms with van der Waals surface area (Å²) < 4.78 is 4.13. The van der Waals surface area contributed by atoms with E-state index in [-0.39, 0.29) is 22.7 Å². The van der Waals surface area contributed by atoms with Crippen molar-refractivity contribution in [1.29, 1.82) is 0 Å². The van der Waals surface area contributed by atoms with Crippen molar-refractivity contribution in [3.05, 3.63) is 0 Å². The van der Waals surface area contributed by atoms with Gasteiger partial charge in [-0.15, -0.1) is 0 Å². The van der Waals surface area contributed by atoms with Crippen LogP contribution in [0, 0.1) is 0 Å². The van der Waals surface area contributed by atoms with Gasteiger partial charge in [0, 0.05) is 23.2 Å². The number of carbonyl (C=O) groups excluding carboxylic acids is 1. The monoisotopic (exact) mass is 353 g/mol. The van der Waals surface area contributed by atoms with Gasteiger partial charge < -0.3 is 4.65 Å². The molecular weight excluding hydrogens is 318 g/mol. The third-order valence-electron chi connectivity index (χ3n) is 4.12. The molecule has 0 aliphatic carbocycles. The molecule has 2 nitrogen and oxygen atoms in total. The van der Waals surface area contributed by atoms with Gasteiger partial charge >= 0.3 is 8.05 Å². The van der Waals surface area contributed by atoms with E-state index in [0.29, 0.717) is 6.42 Å². The first-order valence-corrected chi connectivity index (χ1v) is 9.20. The molecule has 0 N–H and O–H groups in total. The normalized spacial score (nSPS) is 10.2.